The van der Waals surface area contributed by atoms with E-state index in [2.05, 4.69) is 37.4 Å². The normalized spacial score (nSPS) is 8.93. The van der Waals surface area contributed by atoms with Crippen molar-refractivity contribution in [3.63, 3.8) is 0 Å². The summed E-state index contributed by atoms with van der Waals surface area (Å²) in [7, 11) is 0. The Kier molecular flexibility index (Phi) is 6.85. The molecule has 0 aromatic heterocycles. The Morgan fingerprint density at radius 1 is 1.14 bits per heavy atom. The summed E-state index contributed by atoms with van der Waals surface area (Å²) >= 11 is 0. The zero-order valence-electron chi connectivity index (χ0n) is 9.72. The molecule has 0 amide bonds. The van der Waals surface area contributed by atoms with Gasteiger partial charge in [0.2, 0.25) is 0 Å². The first-order valence-corrected chi connectivity index (χ1v) is 5.26. The smallest absolute Gasteiger partial charge is 0.0400 e. The van der Waals surface area contributed by atoms with E-state index in [9.17, 15) is 0 Å². The van der Waals surface area contributed by atoms with E-state index in [4.69, 9.17) is 5.73 Å². The standard InChI is InChI=1S/C10H16N2.C2H6/c1-8-4-3-5-9(2)10(8)12-7-6-11;1-2/h3-5,12H,6-7,11H2,1-2H3;1-2H3. The van der Waals surface area contributed by atoms with Crippen molar-refractivity contribution in [2.24, 2.45) is 5.73 Å². The Balaban J connectivity index is 0.000000791. The van der Waals surface area contributed by atoms with Gasteiger partial charge < -0.3 is 11.1 Å². The van der Waals surface area contributed by atoms with Gasteiger partial charge in [-0.3, -0.25) is 0 Å². The summed E-state index contributed by atoms with van der Waals surface area (Å²) in [6.45, 7) is 9.72. The molecule has 2 nitrogen and oxygen atoms in total. The second-order valence-electron chi connectivity index (χ2n) is 2.98. The molecule has 0 aliphatic rings. The van der Waals surface area contributed by atoms with Crippen LogP contribution in [-0.4, -0.2) is 13.1 Å². The van der Waals surface area contributed by atoms with Crippen LogP contribution in [0, 0.1) is 13.8 Å². The lowest BCUT2D eigenvalue weighted by molar-refractivity contribution is 1.02. The monoisotopic (exact) mass is 194 g/mol. The summed E-state index contributed by atoms with van der Waals surface area (Å²) < 4.78 is 0. The Morgan fingerprint density at radius 3 is 2.07 bits per heavy atom. The zero-order chi connectivity index (χ0) is 11.0. The lowest BCUT2D eigenvalue weighted by Crippen LogP contribution is -2.14. The molecule has 14 heavy (non-hydrogen) atoms. The highest BCUT2D eigenvalue weighted by Crippen LogP contribution is 2.18. The highest BCUT2D eigenvalue weighted by molar-refractivity contribution is 5.56. The molecule has 0 radical (unpaired) electrons. The summed E-state index contributed by atoms with van der Waals surface area (Å²) in [5.74, 6) is 0. The van der Waals surface area contributed by atoms with Gasteiger partial charge in [0.05, 0.1) is 0 Å². The molecule has 0 saturated heterocycles. The van der Waals surface area contributed by atoms with Crippen LogP contribution in [0.5, 0.6) is 0 Å². The van der Waals surface area contributed by atoms with Crippen molar-refractivity contribution < 1.29 is 0 Å². The van der Waals surface area contributed by atoms with Crippen LogP contribution in [0.4, 0.5) is 5.69 Å². The van der Waals surface area contributed by atoms with E-state index in [0.29, 0.717) is 6.54 Å². The van der Waals surface area contributed by atoms with E-state index in [-0.39, 0.29) is 0 Å². The lowest BCUT2D eigenvalue weighted by atomic mass is 10.1. The maximum atomic E-state index is 5.41. The second kappa shape index (κ2) is 7.39. The fourth-order valence-electron chi connectivity index (χ4n) is 1.29. The van der Waals surface area contributed by atoms with Crippen LogP contribution in [0.2, 0.25) is 0 Å². The fraction of sp³-hybridized carbons (Fsp3) is 0.500. The largest absolute Gasteiger partial charge is 0.383 e. The molecule has 0 aliphatic carbocycles. The first kappa shape index (κ1) is 13.0. The third kappa shape index (κ3) is 3.79. The molecule has 0 heterocycles. The van der Waals surface area contributed by atoms with Crippen LogP contribution >= 0.6 is 0 Å². The van der Waals surface area contributed by atoms with Crippen LogP contribution < -0.4 is 11.1 Å². The van der Waals surface area contributed by atoms with Crippen LogP contribution in [0.25, 0.3) is 0 Å². The number of aryl methyl sites for hydroxylation is 2. The number of benzene rings is 1. The molecule has 0 saturated carbocycles. The van der Waals surface area contributed by atoms with Gasteiger partial charge in [-0.1, -0.05) is 32.0 Å². The molecule has 2 heteroatoms. The first-order chi connectivity index (χ1) is 6.75. The number of nitrogens with one attached hydrogen (secondary N) is 1. The van der Waals surface area contributed by atoms with Gasteiger partial charge in [-0.15, -0.1) is 0 Å². The van der Waals surface area contributed by atoms with E-state index >= 15 is 0 Å². The van der Waals surface area contributed by atoms with E-state index < -0.39 is 0 Å². The number of hydrogen-bond acceptors (Lipinski definition) is 2. The van der Waals surface area contributed by atoms with Crippen molar-refractivity contribution in [3.8, 4) is 0 Å². The van der Waals surface area contributed by atoms with E-state index in [1.54, 1.807) is 0 Å². The quantitative estimate of drug-likeness (QED) is 0.776. The summed E-state index contributed by atoms with van der Waals surface area (Å²) in [4.78, 5) is 0. The molecule has 1 rings (SSSR count). The average Bonchev–Trinajstić information content (AvgIpc) is 2.20. The molecule has 1 aromatic carbocycles. The van der Waals surface area contributed by atoms with Gasteiger partial charge in [-0.2, -0.15) is 0 Å². The van der Waals surface area contributed by atoms with Gasteiger partial charge >= 0.3 is 0 Å². The number of rotatable bonds is 3. The summed E-state index contributed by atoms with van der Waals surface area (Å²) in [6, 6.07) is 6.27. The minimum absolute atomic E-state index is 0.674. The molecule has 1 aromatic rings. The van der Waals surface area contributed by atoms with Gasteiger partial charge in [-0.25, -0.2) is 0 Å². The van der Waals surface area contributed by atoms with Crippen molar-refractivity contribution in [1.82, 2.24) is 0 Å². The van der Waals surface area contributed by atoms with Gasteiger partial charge in [0, 0.05) is 18.8 Å². The summed E-state index contributed by atoms with van der Waals surface area (Å²) in [6.07, 6.45) is 0. The third-order valence-corrected chi connectivity index (χ3v) is 1.93. The lowest BCUT2D eigenvalue weighted by Gasteiger charge is -2.10. The molecule has 0 atom stereocenters. The Labute approximate surface area is 87.5 Å². The molecule has 0 spiro atoms. The van der Waals surface area contributed by atoms with Gasteiger partial charge in [0.15, 0.2) is 0 Å². The summed E-state index contributed by atoms with van der Waals surface area (Å²) in [5, 5.41) is 3.31. The number of nitrogens with two attached hydrogens (primary N) is 1. The molecule has 0 unspecified atom stereocenters. The van der Waals surface area contributed by atoms with Crippen molar-refractivity contribution in [3.05, 3.63) is 29.3 Å². The van der Waals surface area contributed by atoms with Crippen molar-refractivity contribution in [2.75, 3.05) is 18.4 Å². The van der Waals surface area contributed by atoms with E-state index in [1.165, 1.54) is 16.8 Å². The Morgan fingerprint density at radius 2 is 1.64 bits per heavy atom. The predicted molar refractivity (Wildman–Crippen MR) is 64.8 cm³/mol. The maximum absolute atomic E-state index is 5.41. The minimum Gasteiger partial charge on any atom is -0.383 e. The number of para-hydroxylation sites is 1. The van der Waals surface area contributed by atoms with Crippen molar-refractivity contribution in [1.29, 1.82) is 0 Å². The van der Waals surface area contributed by atoms with E-state index in [1.807, 2.05) is 13.8 Å². The zero-order valence-corrected chi connectivity index (χ0v) is 9.72. The van der Waals surface area contributed by atoms with Crippen LogP contribution in [0.15, 0.2) is 18.2 Å². The fourth-order valence-corrected chi connectivity index (χ4v) is 1.29. The molecular formula is C12H22N2. The third-order valence-electron chi connectivity index (χ3n) is 1.93. The Hall–Kier alpha value is -1.02. The molecule has 0 fully saturated rings. The number of anilines is 1. The van der Waals surface area contributed by atoms with Crippen molar-refractivity contribution in [2.45, 2.75) is 27.7 Å². The van der Waals surface area contributed by atoms with Crippen LogP contribution in [0.1, 0.15) is 25.0 Å². The first-order valence-electron chi connectivity index (χ1n) is 5.26. The molecule has 0 bridgehead atoms. The van der Waals surface area contributed by atoms with Crippen LogP contribution in [-0.2, 0) is 0 Å². The minimum atomic E-state index is 0.674. The molecular weight excluding hydrogens is 172 g/mol. The van der Waals surface area contributed by atoms with Crippen molar-refractivity contribution >= 4 is 5.69 Å². The maximum Gasteiger partial charge on any atom is 0.0400 e. The predicted octanol–water partition coefficient (Wildman–Crippen LogP) is 2.70. The Bertz CT molecular complexity index is 236. The highest BCUT2D eigenvalue weighted by Gasteiger charge is 1.98. The van der Waals surface area contributed by atoms with Crippen LogP contribution in [0.3, 0.4) is 0 Å². The SMILES string of the molecule is CC.Cc1cccc(C)c1NCCN. The van der Waals surface area contributed by atoms with Gasteiger partial charge in [-0.05, 0) is 25.0 Å². The summed E-state index contributed by atoms with van der Waals surface area (Å²) in [5.41, 5.74) is 9.20. The van der Waals surface area contributed by atoms with E-state index in [0.717, 1.165) is 6.54 Å². The highest BCUT2D eigenvalue weighted by atomic mass is 14.9. The molecule has 0 aliphatic heterocycles. The average molecular weight is 194 g/mol. The topological polar surface area (TPSA) is 38.0 Å². The van der Waals surface area contributed by atoms with Gasteiger partial charge in [0.25, 0.3) is 0 Å². The number of hydrogen-bond donors (Lipinski definition) is 2. The van der Waals surface area contributed by atoms with Gasteiger partial charge in [0.1, 0.15) is 0 Å². The molecule has 80 valence electrons. The molecule has 3 N–H and O–H groups in total. The second-order valence-corrected chi connectivity index (χ2v) is 2.98.